The van der Waals surface area contributed by atoms with Crippen molar-refractivity contribution in [2.75, 3.05) is 25.5 Å². The number of hydrogen-bond acceptors (Lipinski definition) is 4. The van der Waals surface area contributed by atoms with Crippen LogP contribution in [0.25, 0.3) is 0 Å². The van der Waals surface area contributed by atoms with Crippen LogP contribution in [0.5, 0.6) is 0 Å². The van der Waals surface area contributed by atoms with Gasteiger partial charge in [-0.2, -0.15) is 13.2 Å². The van der Waals surface area contributed by atoms with Crippen LogP contribution < -0.4 is 5.32 Å². The Balaban J connectivity index is 2.23. The molecule has 0 bridgehead atoms. The van der Waals surface area contributed by atoms with E-state index in [1.54, 1.807) is 0 Å². The first-order chi connectivity index (χ1) is 10.7. The Morgan fingerprint density at radius 3 is 2.70 bits per heavy atom. The largest absolute Gasteiger partial charge is 0.393 e. The van der Waals surface area contributed by atoms with Crippen LogP contribution in [0, 0.1) is 16.0 Å². The third-order valence-electron chi connectivity index (χ3n) is 3.88. The molecule has 1 aromatic rings. The molecule has 0 radical (unpaired) electrons. The smallest absolute Gasteiger partial charge is 0.383 e. The first-order valence-corrected chi connectivity index (χ1v) is 7.06. The number of anilines is 1. The summed E-state index contributed by atoms with van der Waals surface area (Å²) in [6.45, 7) is -0.198. The van der Waals surface area contributed by atoms with E-state index in [1.165, 1.54) is 19.2 Å². The van der Waals surface area contributed by atoms with Gasteiger partial charge in [-0.25, -0.2) is 0 Å². The average Bonchev–Trinajstić information content (AvgIpc) is 2.52. The van der Waals surface area contributed by atoms with Gasteiger partial charge in [-0.15, -0.1) is 0 Å². The molecule has 9 heteroatoms. The van der Waals surface area contributed by atoms with Crippen molar-refractivity contribution in [3.8, 4) is 0 Å². The summed E-state index contributed by atoms with van der Waals surface area (Å²) in [4.78, 5) is 23.8. The van der Waals surface area contributed by atoms with E-state index in [2.05, 4.69) is 5.32 Å². The molecule has 1 amide bonds. The molecule has 1 fully saturated rings. The van der Waals surface area contributed by atoms with Gasteiger partial charge in [0.05, 0.1) is 10.8 Å². The molecule has 0 aliphatic carbocycles. The van der Waals surface area contributed by atoms with Crippen LogP contribution >= 0.6 is 0 Å². The summed E-state index contributed by atoms with van der Waals surface area (Å²) in [5.74, 6) is -2.17. The SMILES string of the molecule is CNc1ccc(C(=O)N2CCCC(C(F)(F)F)C2)cc1[N+](=O)[O-]. The first kappa shape index (κ1) is 17.0. The number of carbonyl (C=O) groups excluding carboxylic acids is 1. The van der Waals surface area contributed by atoms with Gasteiger partial charge in [0.2, 0.25) is 0 Å². The second-order valence-corrected chi connectivity index (χ2v) is 5.37. The van der Waals surface area contributed by atoms with Crippen LogP contribution in [0.3, 0.4) is 0 Å². The van der Waals surface area contributed by atoms with Gasteiger partial charge in [0.1, 0.15) is 5.69 Å². The number of amides is 1. The molecule has 1 unspecified atom stereocenters. The highest BCUT2D eigenvalue weighted by atomic mass is 19.4. The molecule has 23 heavy (non-hydrogen) atoms. The molecule has 1 heterocycles. The summed E-state index contributed by atoms with van der Waals surface area (Å²) in [6.07, 6.45) is -4.10. The monoisotopic (exact) mass is 331 g/mol. The molecule has 126 valence electrons. The predicted octanol–water partition coefficient (Wildman–Crippen LogP) is 3.05. The Morgan fingerprint density at radius 1 is 1.43 bits per heavy atom. The number of alkyl halides is 3. The van der Waals surface area contributed by atoms with Crippen LogP contribution in [0.1, 0.15) is 23.2 Å². The van der Waals surface area contributed by atoms with E-state index in [0.29, 0.717) is 0 Å². The topological polar surface area (TPSA) is 75.5 Å². The van der Waals surface area contributed by atoms with E-state index in [1.807, 2.05) is 0 Å². The molecule has 2 rings (SSSR count). The molecule has 0 aromatic heterocycles. The van der Waals surface area contributed by atoms with Crippen molar-refractivity contribution in [3.05, 3.63) is 33.9 Å². The fourth-order valence-corrected chi connectivity index (χ4v) is 2.64. The maximum atomic E-state index is 12.8. The van der Waals surface area contributed by atoms with E-state index in [4.69, 9.17) is 0 Å². The summed E-state index contributed by atoms with van der Waals surface area (Å²) >= 11 is 0. The standard InChI is InChI=1S/C14H16F3N3O3/c1-18-11-5-4-9(7-12(11)20(22)23)13(21)19-6-2-3-10(8-19)14(15,16)17/h4-5,7,10,18H,2-3,6,8H2,1H3. The fourth-order valence-electron chi connectivity index (χ4n) is 2.64. The molecular formula is C14H16F3N3O3. The van der Waals surface area contributed by atoms with Gasteiger partial charge in [-0.3, -0.25) is 14.9 Å². The van der Waals surface area contributed by atoms with E-state index in [9.17, 15) is 28.1 Å². The van der Waals surface area contributed by atoms with Crippen LogP contribution in [-0.4, -0.2) is 42.0 Å². The van der Waals surface area contributed by atoms with Crippen molar-refractivity contribution in [2.45, 2.75) is 19.0 Å². The first-order valence-electron chi connectivity index (χ1n) is 7.06. The Bertz CT molecular complexity index is 619. The zero-order valence-electron chi connectivity index (χ0n) is 12.4. The van der Waals surface area contributed by atoms with Crippen molar-refractivity contribution in [1.29, 1.82) is 0 Å². The molecule has 1 aromatic carbocycles. The number of rotatable bonds is 3. The fraction of sp³-hybridized carbons (Fsp3) is 0.500. The second kappa shape index (κ2) is 6.43. The van der Waals surface area contributed by atoms with Gasteiger partial charge in [0.25, 0.3) is 11.6 Å². The number of likely N-dealkylation sites (tertiary alicyclic amines) is 1. The Kier molecular flexibility index (Phi) is 4.76. The van der Waals surface area contributed by atoms with E-state index in [0.717, 1.165) is 11.0 Å². The third kappa shape index (κ3) is 3.72. The predicted molar refractivity (Wildman–Crippen MR) is 77.3 cm³/mol. The number of nitrogens with zero attached hydrogens (tertiary/aromatic N) is 2. The van der Waals surface area contributed by atoms with Gasteiger partial charge in [-0.1, -0.05) is 0 Å². The second-order valence-electron chi connectivity index (χ2n) is 5.37. The summed E-state index contributed by atoms with van der Waals surface area (Å²) in [6, 6.07) is 3.83. The number of hydrogen-bond donors (Lipinski definition) is 1. The summed E-state index contributed by atoms with van der Waals surface area (Å²) in [7, 11) is 1.50. The van der Waals surface area contributed by atoms with Crippen LogP contribution in [0.2, 0.25) is 0 Å². The maximum Gasteiger partial charge on any atom is 0.393 e. The normalized spacial score (nSPS) is 18.6. The minimum atomic E-state index is -4.35. The lowest BCUT2D eigenvalue weighted by molar-refractivity contribution is -0.384. The molecule has 0 saturated carbocycles. The van der Waals surface area contributed by atoms with Crippen molar-refractivity contribution in [3.63, 3.8) is 0 Å². The number of nitro groups is 1. The van der Waals surface area contributed by atoms with Crippen LogP contribution in [-0.2, 0) is 0 Å². The molecule has 1 aliphatic heterocycles. The number of carbonyl (C=O) groups is 1. The Hall–Kier alpha value is -2.32. The Labute approximate surface area is 130 Å². The van der Waals surface area contributed by atoms with E-state index in [-0.39, 0.29) is 36.3 Å². The van der Waals surface area contributed by atoms with Gasteiger partial charge in [0.15, 0.2) is 0 Å². The minimum absolute atomic E-state index is 0.00782. The van der Waals surface area contributed by atoms with Crippen molar-refractivity contribution >= 4 is 17.3 Å². The number of benzene rings is 1. The summed E-state index contributed by atoms with van der Waals surface area (Å²) < 4.78 is 38.4. The highest BCUT2D eigenvalue weighted by Gasteiger charge is 2.42. The van der Waals surface area contributed by atoms with Crippen LogP contribution in [0.15, 0.2) is 18.2 Å². The highest BCUT2D eigenvalue weighted by molar-refractivity contribution is 5.95. The lowest BCUT2D eigenvalue weighted by atomic mass is 9.97. The lowest BCUT2D eigenvalue weighted by Crippen LogP contribution is -2.44. The third-order valence-corrected chi connectivity index (χ3v) is 3.88. The van der Waals surface area contributed by atoms with Crippen molar-refractivity contribution < 1.29 is 22.9 Å². The molecular weight excluding hydrogens is 315 g/mol. The molecule has 6 nitrogen and oxygen atoms in total. The summed E-state index contributed by atoms with van der Waals surface area (Å²) in [5, 5.41) is 13.6. The van der Waals surface area contributed by atoms with E-state index >= 15 is 0 Å². The zero-order valence-corrected chi connectivity index (χ0v) is 12.4. The zero-order chi connectivity index (χ0) is 17.2. The summed E-state index contributed by atoms with van der Waals surface area (Å²) in [5.41, 5.74) is -0.0420. The number of nitro benzene ring substituents is 1. The molecule has 1 aliphatic rings. The molecule has 1 saturated heterocycles. The molecule has 0 spiro atoms. The van der Waals surface area contributed by atoms with Gasteiger partial charge < -0.3 is 10.2 Å². The van der Waals surface area contributed by atoms with Gasteiger partial charge in [0, 0.05) is 31.8 Å². The minimum Gasteiger partial charge on any atom is -0.383 e. The van der Waals surface area contributed by atoms with Gasteiger partial charge >= 0.3 is 6.18 Å². The van der Waals surface area contributed by atoms with Crippen molar-refractivity contribution in [1.82, 2.24) is 4.90 Å². The molecule has 1 N–H and O–H groups in total. The van der Waals surface area contributed by atoms with Gasteiger partial charge in [-0.05, 0) is 25.0 Å². The quantitative estimate of drug-likeness (QED) is 0.682. The highest BCUT2D eigenvalue weighted by Crippen LogP contribution is 2.34. The van der Waals surface area contributed by atoms with Crippen molar-refractivity contribution in [2.24, 2.45) is 5.92 Å². The molecule has 1 atom stereocenters. The number of piperidine rings is 1. The van der Waals surface area contributed by atoms with E-state index < -0.39 is 29.5 Å². The average molecular weight is 331 g/mol. The Morgan fingerprint density at radius 2 is 2.13 bits per heavy atom. The lowest BCUT2D eigenvalue weighted by Gasteiger charge is -2.33. The number of nitrogens with one attached hydrogen (secondary N) is 1. The maximum absolute atomic E-state index is 12.8. The van der Waals surface area contributed by atoms with Crippen LogP contribution in [0.4, 0.5) is 24.5 Å². The number of halogens is 3.